The maximum Gasteiger partial charge on any atom is 0.241 e. The summed E-state index contributed by atoms with van der Waals surface area (Å²) < 4.78 is 18.3. The Hall–Kier alpha value is -2.93. The monoisotopic (exact) mass is 401 g/mol. The molecule has 0 spiro atoms. The summed E-state index contributed by atoms with van der Waals surface area (Å²) in [5, 5.41) is 5.65. The molecular formula is C22H28FN3O3. The standard InChI is InChI=1S/C22H28FN3O3/c1-3-14-26(17(2)22(28)25-19-7-5-4-6-8-19)16-21(27)24-13-15-29-20-11-9-18(23)10-12-20/h4-12,17H,3,13-16H2,1-2H3,(H,24,27)(H,25,28). The average molecular weight is 401 g/mol. The second-order valence-electron chi connectivity index (χ2n) is 6.65. The molecule has 2 aromatic carbocycles. The van der Waals surface area contributed by atoms with E-state index >= 15 is 0 Å². The molecule has 2 rings (SSSR count). The number of hydrogen-bond acceptors (Lipinski definition) is 4. The van der Waals surface area contributed by atoms with Crippen molar-refractivity contribution in [2.24, 2.45) is 0 Å². The minimum atomic E-state index is -0.448. The Balaban J connectivity index is 1.77. The van der Waals surface area contributed by atoms with Crippen LogP contribution in [0.25, 0.3) is 0 Å². The zero-order valence-corrected chi connectivity index (χ0v) is 16.9. The SMILES string of the molecule is CCCN(CC(=O)NCCOc1ccc(F)cc1)C(C)C(=O)Nc1ccccc1. The minimum absolute atomic E-state index is 0.119. The molecule has 0 aliphatic rings. The molecule has 0 aliphatic carbocycles. The van der Waals surface area contributed by atoms with Crippen molar-refractivity contribution in [3.63, 3.8) is 0 Å². The summed E-state index contributed by atoms with van der Waals surface area (Å²) in [4.78, 5) is 26.6. The molecule has 1 unspecified atom stereocenters. The van der Waals surface area contributed by atoms with Crippen LogP contribution in [0.15, 0.2) is 54.6 Å². The van der Waals surface area contributed by atoms with Crippen LogP contribution in [-0.2, 0) is 9.59 Å². The summed E-state index contributed by atoms with van der Waals surface area (Å²) in [5.41, 5.74) is 0.725. The highest BCUT2D eigenvalue weighted by Gasteiger charge is 2.22. The third kappa shape index (κ3) is 7.91. The lowest BCUT2D eigenvalue weighted by Gasteiger charge is -2.27. The van der Waals surface area contributed by atoms with E-state index in [-0.39, 0.29) is 30.8 Å². The van der Waals surface area contributed by atoms with Crippen LogP contribution >= 0.6 is 0 Å². The second kappa shape index (κ2) is 11.8. The van der Waals surface area contributed by atoms with Gasteiger partial charge in [-0.25, -0.2) is 4.39 Å². The maximum absolute atomic E-state index is 12.9. The Morgan fingerprint density at radius 1 is 1.10 bits per heavy atom. The van der Waals surface area contributed by atoms with E-state index < -0.39 is 6.04 Å². The summed E-state index contributed by atoms with van der Waals surface area (Å²) in [6, 6.07) is 14.5. The summed E-state index contributed by atoms with van der Waals surface area (Å²) in [6.07, 6.45) is 0.823. The Kier molecular flexibility index (Phi) is 9.11. The first kappa shape index (κ1) is 22.4. The Morgan fingerprint density at radius 3 is 2.45 bits per heavy atom. The van der Waals surface area contributed by atoms with Crippen LogP contribution in [0.1, 0.15) is 20.3 Å². The molecule has 0 aliphatic heterocycles. The first-order chi connectivity index (χ1) is 14.0. The molecule has 2 aromatic rings. The third-order valence-electron chi connectivity index (χ3n) is 4.33. The number of carbonyl (C=O) groups excluding carboxylic acids is 2. The average Bonchev–Trinajstić information content (AvgIpc) is 2.72. The van der Waals surface area contributed by atoms with Crippen LogP contribution in [0, 0.1) is 5.82 Å². The highest BCUT2D eigenvalue weighted by molar-refractivity contribution is 5.94. The number of benzene rings is 2. The van der Waals surface area contributed by atoms with E-state index in [1.807, 2.05) is 42.2 Å². The molecule has 7 heteroatoms. The van der Waals surface area contributed by atoms with Gasteiger partial charge in [-0.15, -0.1) is 0 Å². The molecule has 29 heavy (non-hydrogen) atoms. The molecule has 156 valence electrons. The number of amides is 2. The number of hydrogen-bond donors (Lipinski definition) is 2. The molecule has 0 heterocycles. The lowest BCUT2D eigenvalue weighted by Crippen LogP contribution is -2.47. The van der Waals surface area contributed by atoms with Crippen molar-refractivity contribution in [2.45, 2.75) is 26.3 Å². The van der Waals surface area contributed by atoms with Crippen molar-refractivity contribution < 1.29 is 18.7 Å². The highest BCUT2D eigenvalue weighted by atomic mass is 19.1. The lowest BCUT2D eigenvalue weighted by molar-refractivity contribution is -0.125. The highest BCUT2D eigenvalue weighted by Crippen LogP contribution is 2.11. The molecule has 0 bridgehead atoms. The van der Waals surface area contributed by atoms with Gasteiger partial charge in [0.05, 0.1) is 19.1 Å². The molecule has 0 aromatic heterocycles. The fraction of sp³-hybridized carbons (Fsp3) is 0.364. The zero-order valence-electron chi connectivity index (χ0n) is 16.9. The van der Waals surface area contributed by atoms with Gasteiger partial charge in [-0.05, 0) is 56.3 Å². The van der Waals surface area contributed by atoms with Crippen molar-refractivity contribution in [3.8, 4) is 5.75 Å². The molecule has 0 radical (unpaired) electrons. The van der Waals surface area contributed by atoms with Crippen LogP contribution < -0.4 is 15.4 Å². The van der Waals surface area contributed by atoms with Crippen molar-refractivity contribution in [2.75, 3.05) is 31.6 Å². The second-order valence-corrected chi connectivity index (χ2v) is 6.65. The van der Waals surface area contributed by atoms with Crippen LogP contribution in [0.3, 0.4) is 0 Å². The van der Waals surface area contributed by atoms with Crippen molar-refractivity contribution in [3.05, 3.63) is 60.4 Å². The fourth-order valence-corrected chi connectivity index (χ4v) is 2.76. The summed E-state index contributed by atoms with van der Waals surface area (Å²) in [6.45, 7) is 5.13. The summed E-state index contributed by atoms with van der Waals surface area (Å²) >= 11 is 0. The number of para-hydroxylation sites is 1. The third-order valence-corrected chi connectivity index (χ3v) is 4.33. The van der Waals surface area contributed by atoms with Crippen molar-refractivity contribution >= 4 is 17.5 Å². The number of anilines is 1. The van der Waals surface area contributed by atoms with E-state index in [1.54, 1.807) is 6.92 Å². The number of nitrogens with zero attached hydrogens (tertiary/aromatic N) is 1. The molecule has 2 amide bonds. The number of carbonyl (C=O) groups is 2. The largest absolute Gasteiger partial charge is 0.492 e. The van der Waals surface area contributed by atoms with Gasteiger partial charge in [0.15, 0.2) is 0 Å². The van der Waals surface area contributed by atoms with Gasteiger partial charge in [0.2, 0.25) is 11.8 Å². The van der Waals surface area contributed by atoms with E-state index in [0.717, 1.165) is 12.1 Å². The minimum Gasteiger partial charge on any atom is -0.492 e. The Morgan fingerprint density at radius 2 is 1.79 bits per heavy atom. The van der Waals surface area contributed by atoms with Gasteiger partial charge in [-0.2, -0.15) is 0 Å². The van der Waals surface area contributed by atoms with E-state index in [9.17, 15) is 14.0 Å². The van der Waals surface area contributed by atoms with E-state index in [0.29, 0.717) is 18.8 Å². The van der Waals surface area contributed by atoms with Gasteiger partial charge >= 0.3 is 0 Å². The van der Waals surface area contributed by atoms with Crippen molar-refractivity contribution in [1.82, 2.24) is 10.2 Å². The first-order valence-electron chi connectivity index (χ1n) is 9.74. The van der Waals surface area contributed by atoms with Gasteiger partial charge < -0.3 is 15.4 Å². The number of nitrogens with one attached hydrogen (secondary N) is 2. The van der Waals surface area contributed by atoms with Crippen LogP contribution in [0.4, 0.5) is 10.1 Å². The van der Waals surface area contributed by atoms with Crippen LogP contribution in [-0.4, -0.2) is 49.0 Å². The van der Waals surface area contributed by atoms with Crippen molar-refractivity contribution in [1.29, 1.82) is 0 Å². The molecule has 0 saturated heterocycles. The molecular weight excluding hydrogens is 373 g/mol. The molecule has 0 saturated carbocycles. The predicted molar refractivity (Wildman–Crippen MR) is 111 cm³/mol. The zero-order chi connectivity index (χ0) is 21.1. The van der Waals surface area contributed by atoms with Gasteiger partial charge in [0, 0.05) is 5.69 Å². The number of halogens is 1. The quantitative estimate of drug-likeness (QED) is 0.568. The first-order valence-corrected chi connectivity index (χ1v) is 9.74. The number of rotatable bonds is 11. The maximum atomic E-state index is 12.9. The Bertz CT molecular complexity index is 769. The van der Waals surface area contributed by atoms with E-state index in [4.69, 9.17) is 4.74 Å². The normalized spacial score (nSPS) is 11.7. The van der Waals surface area contributed by atoms with E-state index in [1.165, 1.54) is 24.3 Å². The van der Waals surface area contributed by atoms with Gasteiger partial charge in [0.25, 0.3) is 0 Å². The molecule has 1 atom stereocenters. The van der Waals surface area contributed by atoms with Gasteiger partial charge in [-0.1, -0.05) is 25.1 Å². The van der Waals surface area contributed by atoms with Gasteiger partial charge in [0.1, 0.15) is 18.2 Å². The smallest absolute Gasteiger partial charge is 0.241 e. The molecule has 6 nitrogen and oxygen atoms in total. The predicted octanol–water partition coefficient (Wildman–Crippen LogP) is 3.06. The van der Waals surface area contributed by atoms with Gasteiger partial charge in [-0.3, -0.25) is 14.5 Å². The Labute approximate surface area is 171 Å². The van der Waals surface area contributed by atoms with Crippen LogP contribution in [0.5, 0.6) is 5.75 Å². The summed E-state index contributed by atoms with van der Waals surface area (Å²) in [5.74, 6) is -0.121. The summed E-state index contributed by atoms with van der Waals surface area (Å²) in [7, 11) is 0. The fourth-order valence-electron chi connectivity index (χ4n) is 2.76. The molecule has 0 fully saturated rings. The van der Waals surface area contributed by atoms with Crippen LogP contribution in [0.2, 0.25) is 0 Å². The van der Waals surface area contributed by atoms with E-state index in [2.05, 4.69) is 10.6 Å². The lowest BCUT2D eigenvalue weighted by atomic mass is 10.2. The number of ether oxygens (including phenoxy) is 1. The topological polar surface area (TPSA) is 70.7 Å². The molecule has 2 N–H and O–H groups in total.